The maximum Gasteiger partial charge on any atom is 0.274 e. The van der Waals surface area contributed by atoms with Crippen LogP contribution in [0.4, 0.5) is 5.69 Å². The zero-order valence-electron chi connectivity index (χ0n) is 15.0. The van der Waals surface area contributed by atoms with Gasteiger partial charge >= 0.3 is 0 Å². The van der Waals surface area contributed by atoms with Crippen LogP contribution < -0.4 is 10.1 Å². The molecule has 0 aliphatic carbocycles. The molecule has 25 heavy (non-hydrogen) atoms. The Balaban J connectivity index is 1.79. The molecule has 0 aliphatic heterocycles. The number of nitrogens with one attached hydrogen (secondary N) is 1. The molecule has 1 amide bonds. The third-order valence-electron chi connectivity index (χ3n) is 3.93. The summed E-state index contributed by atoms with van der Waals surface area (Å²) < 4.78 is 7.50. The minimum atomic E-state index is -0.175. The molecule has 0 spiro atoms. The number of aromatic nitrogens is 2. The average molecular weight is 337 g/mol. The van der Waals surface area contributed by atoms with Gasteiger partial charge in [-0.2, -0.15) is 0 Å². The Bertz CT molecular complexity index is 895. The van der Waals surface area contributed by atoms with Gasteiger partial charge in [-0.15, -0.1) is 0 Å². The quantitative estimate of drug-likeness (QED) is 0.758. The lowest BCUT2D eigenvalue weighted by Crippen LogP contribution is -2.15. The summed E-state index contributed by atoms with van der Waals surface area (Å²) >= 11 is 0. The van der Waals surface area contributed by atoms with Crippen LogP contribution in [0.2, 0.25) is 0 Å². The number of carbonyl (C=O) groups is 1. The normalized spacial score (nSPS) is 11.1. The van der Waals surface area contributed by atoms with Crippen LogP contribution >= 0.6 is 0 Å². The third kappa shape index (κ3) is 3.65. The Morgan fingerprint density at radius 3 is 2.60 bits per heavy atom. The minimum absolute atomic E-state index is 0.175. The second-order valence-electron chi connectivity index (χ2n) is 6.61. The van der Waals surface area contributed by atoms with E-state index in [2.05, 4.69) is 24.1 Å². The standard InChI is InChI=1S/C20H23N3O2/c1-13(2)12-25-17-9-7-16(8-10-17)22-20(24)18-15(4)21-19-14(3)6-5-11-23(18)19/h5-11,13H,12H2,1-4H3,(H,22,24). The number of amides is 1. The molecule has 1 N–H and O–H groups in total. The molecule has 0 radical (unpaired) electrons. The van der Waals surface area contributed by atoms with Gasteiger partial charge < -0.3 is 10.1 Å². The Hall–Kier alpha value is -2.82. The van der Waals surface area contributed by atoms with Crippen molar-refractivity contribution in [1.82, 2.24) is 9.38 Å². The van der Waals surface area contributed by atoms with Gasteiger partial charge in [-0.3, -0.25) is 9.20 Å². The van der Waals surface area contributed by atoms with Crippen molar-refractivity contribution in [1.29, 1.82) is 0 Å². The molecule has 2 aromatic heterocycles. The second kappa shape index (κ2) is 6.97. The molecule has 0 saturated carbocycles. The Morgan fingerprint density at radius 2 is 1.92 bits per heavy atom. The van der Waals surface area contributed by atoms with E-state index in [1.165, 1.54) is 0 Å². The molecule has 0 aliphatic rings. The van der Waals surface area contributed by atoms with Crippen molar-refractivity contribution in [2.45, 2.75) is 27.7 Å². The van der Waals surface area contributed by atoms with Gasteiger partial charge in [-0.1, -0.05) is 19.9 Å². The molecular formula is C20H23N3O2. The third-order valence-corrected chi connectivity index (χ3v) is 3.93. The van der Waals surface area contributed by atoms with E-state index in [1.54, 1.807) is 0 Å². The summed E-state index contributed by atoms with van der Waals surface area (Å²) in [4.78, 5) is 17.2. The highest BCUT2D eigenvalue weighted by Crippen LogP contribution is 2.19. The first-order chi connectivity index (χ1) is 12.0. The van der Waals surface area contributed by atoms with Gasteiger partial charge in [0.15, 0.2) is 0 Å². The van der Waals surface area contributed by atoms with E-state index in [9.17, 15) is 4.79 Å². The van der Waals surface area contributed by atoms with Crippen LogP contribution in [0.5, 0.6) is 5.75 Å². The van der Waals surface area contributed by atoms with Crippen molar-refractivity contribution in [3.8, 4) is 5.75 Å². The van der Waals surface area contributed by atoms with Crippen molar-refractivity contribution >= 4 is 17.2 Å². The van der Waals surface area contributed by atoms with E-state index in [0.29, 0.717) is 23.9 Å². The van der Waals surface area contributed by atoms with Crippen LogP contribution in [0.25, 0.3) is 5.65 Å². The monoisotopic (exact) mass is 337 g/mol. The van der Waals surface area contributed by atoms with E-state index >= 15 is 0 Å². The molecule has 130 valence electrons. The number of aryl methyl sites for hydroxylation is 2. The zero-order chi connectivity index (χ0) is 18.0. The number of benzene rings is 1. The van der Waals surface area contributed by atoms with Crippen molar-refractivity contribution in [2.75, 3.05) is 11.9 Å². The number of carbonyl (C=O) groups excluding carboxylic acids is 1. The van der Waals surface area contributed by atoms with E-state index in [4.69, 9.17) is 4.74 Å². The number of hydrogen-bond donors (Lipinski definition) is 1. The fraction of sp³-hybridized carbons (Fsp3) is 0.300. The summed E-state index contributed by atoms with van der Waals surface area (Å²) in [7, 11) is 0. The van der Waals surface area contributed by atoms with Gasteiger partial charge in [0, 0.05) is 11.9 Å². The molecule has 3 rings (SSSR count). The highest BCUT2D eigenvalue weighted by molar-refractivity contribution is 6.04. The van der Waals surface area contributed by atoms with Crippen LogP contribution in [0.3, 0.4) is 0 Å². The molecule has 0 saturated heterocycles. The van der Waals surface area contributed by atoms with E-state index in [1.807, 2.05) is 60.8 Å². The predicted octanol–water partition coefficient (Wildman–Crippen LogP) is 4.24. The van der Waals surface area contributed by atoms with Crippen LogP contribution in [0.15, 0.2) is 42.6 Å². The number of nitrogens with zero attached hydrogens (tertiary/aromatic N) is 2. The molecule has 1 aromatic carbocycles. The topological polar surface area (TPSA) is 55.6 Å². The van der Waals surface area contributed by atoms with Crippen molar-refractivity contribution in [2.24, 2.45) is 5.92 Å². The second-order valence-corrected chi connectivity index (χ2v) is 6.61. The fourth-order valence-corrected chi connectivity index (χ4v) is 2.68. The van der Waals surface area contributed by atoms with Gasteiger partial charge in [0.25, 0.3) is 5.91 Å². The first-order valence-corrected chi connectivity index (χ1v) is 8.44. The van der Waals surface area contributed by atoms with Gasteiger partial charge in [-0.25, -0.2) is 4.98 Å². The first kappa shape index (κ1) is 17.0. The number of fused-ring (bicyclic) bond motifs is 1. The Labute approximate surface area is 147 Å². The van der Waals surface area contributed by atoms with Gasteiger partial charge in [-0.05, 0) is 55.7 Å². The molecule has 5 heteroatoms. The summed E-state index contributed by atoms with van der Waals surface area (Å²) in [6, 6.07) is 11.3. The number of ether oxygens (including phenoxy) is 1. The lowest BCUT2D eigenvalue weighted by Gasteiger charge is -2.10. The number of pyridine rings is 1. The summed E-state index contributed by atoms with van der Waals surface area (Å²) in [6.45, 7) is 8.72. The summed E-state index contributed by atoms with van der Waals surface area (Å²) in [5.74, 6) is 1.10. The highest BCUT2D eigenvalue weighted by Gasteiger charge is 2.17. The zero-order valence-corrected chi connectivity index (χ0v) is 15.0. The largest absolute Gasteiger partial charge is 0.493 e. The Kier molecular flexibility index (Phi) is 4.74. The predicted molar refractivity (Wildman–Crippen MR) is 99.4 cm³/mol. The smallest absolute Gasteiger partial charge is 0.274 e. The summed E-state index contributed by atoms with van der Waals surface area (Å²) in [5.41, 5.74) is 3.84. The van der Waals surface area contributed by atoms with Gasteiger partial charge in [0.05, 0.1) is 12.3 Å². The maximum atomic E-state index is 12.7. The lowest BCUT2D eigenvalue weighted by atomic mass is 10.2. The molecule has 0 fully saturated rings. The molecule has 0 bridgehead atoms. The molecule has 3 aromatic rings. The van der Waals surface area contributed by atoms with E-state index in [0.717, 1.165) is 22.6 Å². The minimum Gasteiger partial charge on any atom is -0.493 e. The number of imidazole rings is 1. The first-order valence-electron chi connectivity index (χ1n) is 8.44. The van der Waals surface area contributed by atoms with E-state index < -0.39 is 0 Å². The van der Waals surface area contributed by atoms with Crippen molar-refractivity contribution < 1.29 is 9.53 Å². The van der Waals surface area contributed by atoms with Crippen molar-refractivity contribution in [3.63, 3.8) is 0 Å². The highest BCUT2D eigenvalue weighted by atomic mass is 16.5. The van der Waals surface area contributed by atoms with Crippen LogP contribution in [-0.2, 0) is 0 Å². The number of rotatable bonds is 5. The summed E-state index contributed by atoms with van der Waals surface area (Å²) in [5, 5.41) is 2.93. The average Bonchev–Trinajstić information content (AvgIpc) is 2.92. The molecule has 0 unspecified atom stereocenters. The maximum absolute atomic E-state index is 12.7. The van der Waals surface area contributed by atoms with Crippen LogP contribution in [-0.4, -0.2) is 21.9 Å². The van der Waals surface area contributed by atoms with Crippen LogP contribution in [0.1, 0.15) is 35.6 Å². The van der Waals surface area contributed by atoms with Crippen molar-refractivity contribution in [3.05, 3.63) is 59.5 Å². The number of anilines is 1. The number of hydrogen-bond acceptors (Lipinski definition) is 3. The lowest BCUT2D eigenvalue weighted by molar-refractivity contribution is 0.102. The van der Waals surface area contributed by atoms with E-state index in [-0.39, 0.29) is 5.91 Å². The Morgan fingerprint density at radius 1 is 1.20 bits per heavy atom. The molecule has 0 atom stereocenters. The van der Waals surface area contributed by atoms with Gasteiger partial charge in [0.2, 0.25) is 0 Å². The SMILES string of the molecule is Cc1nc2c(C)cccn2c1C(=O)Nc1ccc(OCC(C)C)cc1. The van der Waals surface area contributed by atoms with Gasteiger partial charge in [0.1, 0.15) is 17.1 Å². The molecule has 5 nitrogen and oxygen atoms in total. The summed E-state index contributed by atoms with van der Waals surface area (Å²) in [6.07, 6.45) is 1.86. The fourth-order valence-electron chi connectivity index (χ4n) is 2.68. The van der Waals surface area contributed by atoms with Crippen LogP contribution in [0, 0.1) is 19.8 Å². The molecule has 2 heterocycles. The molecular weight excluding hydrogens is 314 g/mol.